The number of carbonyl (C=O) groups excluding carboxylic acids is 1. The third kappa shape index (κ3) is 5.23. The van der Waals surface area contributed by atoms with Crippen molar-refractivity contribution in [2.45, 2.75) is 6.42 Å². The van der Waals surface area contributed by atoms with Crippen molar-refractivity contribution in [1.29, 1.82) is 0 Å². The lowest BCUT2D eigenvalue weighted by Gasteiger charge is -1.92. The van der Waals surface area contributed by atoms with Crippen molar-refractivity contribution in [3.63, 3.8) is 0 Å². The lowest BCUT2D eigenvalue weighted by atomic mass is 10.5. The molecule has 0 aromatic rings. The average Bonchev–Trinajstić information content (AvgIpc) is 1.66. The Morgan fingerprint density at radius 3 is 2.62 bits per heavy atom. The van der Waals surface area contributed by atoms with Crippen LogP contribution in [0.4, 0.5) is 4.79 Å². The van der Waals surface area contributed by atoms with Gasteiger partial charge in [0.15, 0.2) is 0 Å². The summed E-state index contributed by atoms with van der Waals surface area (Å²) >= 11 is 0. The van der Waals surface area contributed by atoms with Gasteiger partial charge in [-0.3, -0.25) is 0 Å². The molecule has 0 spiro atoms. The third-order valence-corrected chi connectivity index (χ3v) is 0.522. The zero-order chi connectivity index (χ0) is 6.41. The van der Waals surface area contributed by atoms with E-state index in [1.807, 2.05) is 0 Å². The highest BCUT2D eigenvalue weighted by Gasteiger charge is 1.95. The van der Waals surface area contributed by atoms with Crippen LogP contribution in [0, 0.1) is 0 Å². The Morgan fingerprint density at radius 2 is 2.25 bits per heavy atom. The molecule has 0 atom stereocenters. The van der Waals surface area contributed by atoms with Crippen LogP contribution < -0.4 is 0 Å². The van der Waals surface area contributed by atoms with Gasteiger partial charge in [0.25, 0.3) is 0 Å². The Morgan fingerprint density at radius 1 is 1.62 bits per heavy atom. The molecule has 0 fully saturated rings. The molecular formula is C4H7O4. The molecule has 0 rings (SSSR count). The predicted molar refractivity (Wildman–Crippen MR) is 23.7 cm³/mol. The minimum absolute atomic E-state index is 0.0127. The summed E-state index contributed by atoms with van der Waals surface area (Å²) in [7, 11) is 0. The number of hydrogen-bond acceptors (Lipinski definition) is 3. The van der Waals surface area contributed by atoms with Gasteiger partial charge in [0.1, 0.15) is 0 Å². The second-order valence-electron chi connectivity index (χ2n) is 1.18. The smallest absolute Gasteiger partial charge is 0.432 e. The molecule has 0 aliphatic rings. The molecule has 0 heterocycles. The quantitative estimate of drug-likeness (QED) is 0.418. The van der Waals surface area contributed by atoms with Crippen LogP contribution in [0.2, 0.25) is 0 Å². The fourth-order valence-corrected chi connectivity index (χ4v) is 0.220. The Balaban J connectivity index is 2.82. The maximum absolute atomic E-state index is 9.46. The second-order valence-corrected chi connectivity index (χ2v) is 1.18. The van der Waals surface area contributed by atoms with Crippen molar-refractivity contribution in [1.82, 2.24) is 0 Å². The molecule has 4 heteroatoms. The topological polar surface area (TPSA) is 66.4 Å². The first-order valence-electron chi connectivity index (χ1n) is 2.22. The summed E-state index contributed by atoms with van der Waals surface area (Å²) in [5.74, 6) is 0. The lowest BCUT2D eigenvalue weighted by molar-refractivity contribution is 0.0631. The average molecular weight is 119 g/mol. The third-order valence-electron chi connectivity index (χ3n) is 0.522. The van der Waals surface area contributed by atoms with E-state index in [2.05, 4.69) is 4.74 Å². The monoisotopic (exact) mass is 119 g/mol. The number of carbonyl (C=O) groups is 1. The summed E-state index contributed by atoms with van der Waals surface area (Å²) in [4.78, 5) is 9.46. The Kier molecular flexibility index (Phi) is 3.97. The van der Waals surface area contributed by atoms with E-state index in [-0.39, 0.29) is 13.2 Å². The molecule has 0 saturated carbocycles. The maximum atomic E-state index is 9.46. The first kappa shape index (κ1) is 7.23. The summed E-state index contributed by atoms with van der Waals surface area (Å²) in [6, 6.07) is 0. The van der Waals surface area contributed by atoms with E-state index in [0.717, 1.165) is 0 Å². The summed E-state index contributed by atoms with van der Waals surface area (Å²) < 4.78 is 3.93. The van der Waals surface area contributed by atoms with Gasteiger partial charge >= 0.3 is 6.16 Å². The molecule has 0 bridgehead atoms. The summed E-state index contributed by atoms with van der Waals surface area (Å²) in [6.45, 7) is -0.0495. The molecule has 0 aliphatic carbocycles. The number of hydrogen-bond donors (Lipinski definition) is 1. The van der Waals surface area contributed by atoms with Crippen LogP contribution in [0.1, 0.15) is 6.42 Å². The normalized spacial score (nSPS) is 8.62. The molecule has 1 N–H and O–H groups in total. The minimum Gasteiger partial charge on any atom is -0.432 e. The van der Waals surface area contributed by atoms with Gasteiger partial charge < -0.3 is 9.84 Å². The minimum atomic E-state index is -1.54. The fourth-order valence-electron chi connectivity index (χ4n) is 0.220. The molecule has 1 radical (unpaired) electrons. The summed E-state index contributed by atoms with van der Waals surface area (Å²) in [5.41, 5.74) is 0. The zero-order valence-electron chi connectivity index (χ0n) is 4.29. The maximum Gasteiger partial charge on any atom is 0.549 e. The molecule has 47 valence electrons. The summed E-state index contributed by atoms with van der Waals surface area (Å²) in [6.07, 6.45) is -1.22. The van der Waals surface area contributed by atoms with Crippen molar-refractivity contribution >= 4 is 6.16 Å². The SMILES string of the molecule is [O]C(=O)OCCCO. The molecule has 0 amide bonds. The molecular weight excluding hydrogens is 112 g/mol. The fraction of sp³-hybridized carbons (Fsp3) is 0.750. The summed E-state index contributed by atoms with van der Waals surface area (Å²) in [5, 5.41) is 17.5. The van der Waals surface area contributed by atoms with Gasteiger partial charge in [-0.2, -0.15) is 9.90 Å². The van der Waals surface area contributed by atoms with Crippen LogP contribution in [0.25, 0.3) is 0 Å². The molecule has 0 aromatic heterocycles. The largest absolute Gasteiger partial charge is 0.549 e. The van der Waals surface area contributed by atoms with Crippen molar-refractivity contribution in [3.8, 4) is 0 Å². The van der Waals surface area contributed by atoms with Gasteiger partial charge in [0, 0.05) is 13.0 Å². The van der Waals surface area contributed by atoms with E-state index in [4.69, 9.17) is 5.11 Å². The molecule has 4 nitrogen and oxygen atoms in total. The van der Waals surface area contributed by atoms with Crippen molar-refractivity contribution in [2.24, 2.45) is 0 Å². The van der Waals surface area contributed by atoms with Crippen LogP contribution in [0.5, 0.6) is 0 Å². The van der Waals surface area contributed by atoms with E-state index in [0.29, 0.717) is 6.42 Å². The second kappa shape index (κ2) is 4.39. The number of aliphatic hydroxyl groups is 1. The van der Waals surface area contributed by atoms with Crippen LogP contribution in [0.3, 0.4) is 0 Å². The molecule has 0 aliphatic heterocycles. The van der Waals surface area contributed by atoms with Gasteiger partial charge in [-0.15, -0.1) is 0 Å². The molecule has 0 aromatic carbocycles. The van der Waals surface area contributed by atoms with Gasteiger partial charge in [0.2, 0.25) is 0 Å². The highest BCUT2D eigenvalue weighted by Crippen LogP contribution is 1.80. The van der Waals surface area contributed by atoms with Crippen LogP contribution >= 0.6 is 0 Å². The van der Waals surface area contributed by atoms with E-state index in [1.54, 1.807) is 0 Å². The van der Waals surface area contributed by atoms with Gasteiger partial charge in [0.05, 0.1) is 6.61 Å². The van der Waals surface area contributed by atoms with Gasteiger partial charge in [-0.1, -0.05) is 0 Å². The van der Waals surface area contributed by atoms with E-state index in [1.165, 1.54) is 0 Å². The van der Waals surface area contributed by atoms with Crippen molar-refractivity contribution < 1.29 is 19.7 Å². The Labute approximate surface area is 46.7 Å². The Hall–Kier alpha value is -0.770. The standard InChI is InChI=1S/C4H7O4/c5-2-1-3-8-4(6)7/h5H,1-3H2. The van der Waals surface area contributed by atoms with E-state index >= 15 is 0 Å². The highest BCUT2D eigenvalue weighted by atomic mass is 16.7. The van der Waals surface area contributed by atoms with Crippen LogP contribution in [-0.4, -0.2) is 24.5 Å². The zero-order valence-corrected chi connectivity index (χ0v) is 4.29. The first-order valence-corrected chi connectivity index (χ1v) is 2.22. The lowest BCUT2D eigenvalue weighted by Crippen LogP contribution is -2.01. The number of ether oxygens (including phenoxy) is 1. The highest BCUT2D eigenvalue weighted by molar-refractivity contribution is 5.56. The van der Waals surface area contributed by atoms with Gasteiger partial charge in [-0.05, 0) is 0 Å². The van der Waals surface area contributed by atoms with Crippen molar-refractivity contribution in [3.05, 3.63) is 0 Å². The Bertz CT molecular complexity index is 70.4. The predicted octanol–water partition coefficient (Wildman–Crippen LogP) is -0.0641. The molecule has 0 unspecified atom stereocenters. The van der Waals surface area contributed by atoms with Crippen LogP contribution in [0.15, 0.2) is 0 Å². The van der Waals surface area contributed by atoms with E-state index < -0.39 is 6.16 Å². The number of aliphatic hydroxyl groups excluding tert-OH is 1. The van der Waals surface area contributed by atoms with Crippen molar-refractivity contribution in [2.75, 3.05) is 13.2 Å². The number of rotatable bonds is 3. The van der Waals surface area contributed by atoms with Crippen LogP contribution in [-0.2, 0) is 9.84 Å². The first-order chi connectivity index (χ1) is 3.77. The van der Waals surface area contributed by atoms with E-state index in [9.17, 15) is 9.90 Å². The molecule has 0 saturated heterocycles. The molecule has 8 heavy (non-hydrogen) atoms. The van der Waals surface area contributed by atoms with Gasteiger partial charge in [-0.25, -0.2) is 0 Å².